The summed E-state index contributed by atoms with van der Waals surface area (Å²) >= 11 is 0. The maximum absolute atomic E-state index is 12.4. The maximum atomic E-state index is 12.4. The van der Waals surface area contributed by atoms with Crippen LogP contribution in [0.3, 0.4) is 0 Å². The van der Waals surface area contributed by atoms with E-state index in [4.69, 9.17) is 4.74 Å². The van der Waals surface area contributed by atoms with Gasteiger partial charge in [-0.3, -0.25) is 4.79 Å². The van der Waals surface area contributed by atoms with E-state index >= 15 is 0 Å². The number of amides is 1. The second-order valence-corrected chi connectivity index (χ2v) is 7.11. The molecule has 0 radical (unpaired) electrons. The average molecular weight is 403 g/mol. The molecule has 154 valence electrons. The Kier molecular flexibility index (Phi) is 6.08. The SMILES string of the molecule is CCOc1ccc(C(=O)Nc2ccc(Nc3cc(N4CCCC4)cnn3)cc2)cc1. The van der Waals surface area contributed by atoms with Crippen molar-refractivity contribution >= 4 is 28.8 Å². The molecule has 2 heterocycles. The van der Waals surface area contributed by atoms with Gasteiger partial charge in [-0.1, -0.05) is 0 Å². The number of ether oxygens (including phenoxy) is 1. The predicted octanol–water partition coefficient (Wildman–Crippen LogP) is 4.47. The molecule has 2 aromatic carbocycles. The molecule has 0 unspecified atom stereocenters. The smallest absolute Gasteiger partial charge is 0.255 e. The molecule has 3 aromatic rings. The van der Waals surface area contributed by atoms with Crippen molar-refractivity contribution in [2.75, 3.05) is 35.2 Å². The van der Waals surface area contributed by atoms with Gasteiger partial charge in [-0.25, -0.2) is 0 Å². The van der Waals surface area contributed by atoms with Crippen molar-refractivity contribution in [3.8, 4) is 5.75 Å². The topological polar surface area (TPSA) is 79.4 Å². The molecule has 1 amide bonds. The van der Waals surface area contributed by atoms with Gasteiger partial charge in [0.2, 0.25) is 0 Å². The average Bonchev–Trinajstić information content (AvgIpc) is 3.31. The minimum atomic E-state index is -0.164. The van der Waals surface area contributed by atoms with Crippen LogP contribution in [-0.4, -0.2) is 35.8 Å². The number of nitrogens with zero attached hydrogens (tertiary/aromatic N) is 3. The van der Waals surface area contributed by atoms with Crippen LogP contribution in [0.4, 0.5) is 22.9 Å². The van der Waals surface area contributed by atoms with Crippen LogP contribution in [-0.2, 0) is 0 Å². The highest BCUT2D eigenvalue weighted by molar-refractivity contribution is 6.04. The normalized spacial score (nSPS) is 13.2. The number of hydrogen-bond acceptors (Lipinski definition) is 6. The Morgan fingerprint density at radius 2 is 1.73 bits per heavy atom. The van der Waals surface area contributed by atoms with E-state index in [1.807, 2.05) is 37.3 Å². The molecule has 0 spiro atoms. The van der Waals surface area contributed by atoms with Crippen LogP contribution in [0, 0.1) is 0 Å². The van der Waals surface area contributed by atoms with E-state index in [9.17, 15) is 4.79 Å². The molecule has 0 aliphatic carbocycles. The van der Waals surface area contributed by atoms with Crippen LogP contribution in [0.5, 0.6) is 5.75 Å². The van der Waals surface area contributed by atoms with Crippen molar-refractivity contribution < 1.29 is 9.53 Å². The van der Waals surface area contributed by atoms with Gasteiger partial charge in [0.25, 0.3) is 5.91 Å². The fraction of sp³-hybridized carbons (Fsp3) is 0.261. The third-order valence-electron chi connectivity index (χ3n) is 4.95. The Labute approximate surface area is 176 Å². The number of nitrogens with one attached hydrogen (secondary N) is 2. The van der Waals surface area contributed by atoms with Crippen LogP contribution in [0.15, 0.2) is 60.8 Å². The van der Waals surface area contributed by atoms with Gasteiger partial charge in [0, 0.05) is 36.1 Å². The summed E-state index contributed by atoms with van der Waals surface area (Å²) in [4.78, 5) is 14.8. The number of hydrogen-bond donors (Lipinski definition) is 2. The second-order valence-electron chi connectivity index (χ2n) is 7.11. The number of aromatic nitrogens is 2. The van der Waals surface area contributed by atoms with Gasteiger partial charge in [0.1, 0.15) is 5.75 Å². The summed E-state index contributed by atoms with van der Waals surface area (Å²) in [5.74, 6) is 1.29. The van der Waals surface area contributed by atoms with E-state index in [1.54, 1.807) is 30.5 Å². The summed E-state index contributed by atoms with van der Waals surface area (Å²) < 4.78 is 5.41. The molecule has 30 heavy (non-hydrogen) atoms. The predicted molar refractivity (Wildman–Crippen MR) is 119 cm³/mol. The second kappa shape index (κ2) is 9.26. The van der Waals surface area contributed by atoms with Gasteiger partial charge >= 0.3 is 0 Å². The molecule has 1 fully saturated rings. The summed E-state index contributed by atoms with van der Waals surface area (Å²) in [5, 5.41) is 14.5. The van der Waals surface area contributed by atoms with Gasteiger partial charge in [-0.05, 0) is 68.3 Å². The van der Waals surface area contributed by atoms with Gasteiger partial charge in [-0.2, -0.15) is 5.10 Å². The first kappa shape index (κ1) is 19.7. The molecule has 0 saturated carbocycles. The largest absolute Gasteiger partial charge is 0.494 e. The van der Waals surface area contributed by atoms with Crippen LogP contribution in [0.2, 0.25) is 0 Å². The first-order valence-electron chi connectivity index (χ1n) is 10.2. The molecule has 0 atom stereocenters. The van der Waals surface area contributed by atoms with Crippen molar-refractivity contribution in [2.45, 2.75) is 19.8 Å². The first-order chi connectivity index (χ1) is 14.7. The molecule has 1 aliphatic rings. The summed E-state index contributed by atoms with van der Waals surface area (Å²) in [7, 11) is 0. The van der Waals surface area contributed by atoms with Gasteiger partial charge in [0.05, 0.1) is 18.5 Å². The van der Waals surface area contributed by atoms with E-state index in [1.165, 1.54) is 12.8 Å². The molecule has 4 rings (SSSR count). The Balaban J connectivity index is 1.37. The number of carbonyl (C=O) groups is 1. The Bertz CT molecular complexity index is 983. The zero-order valence-corrected chi connectivity index (χ0v) is 17.0. The van der Waals surface area contributed by atoms with E-state index in [2.05, 4.69) is 25.7 Å². The lowest BCUT2D eigenvalue weighted by atomic mass is 10.2. The van der Waals surface area contributed by atoms with Crippen molar-refractivity contribution in [1.29, 1.82) is 0 Å². The summed E-state index contributed by atoms with van der Waals surface area (Å²) in [6, 6.07) is 16.6. The molecule has 7 heteroatoms. The molecule has 7 nitrogen and oxygen atoms in total. The quantitative estimate of drug-likeness (QED) is 0.606. The highest BCUT2D eigenvalue weighted by Crippen LogP contribution is 2.23. The Morgan fingerprint density at radius 3 is 2.43 bits per heavy atom. The van der Waals surface area contributed by atoms with Crippen LogP contribution >= 0.6 is 0 Å². The molecular weight excluding hydrogens is 378 g/mol. The Morgan fingerprint density at radius 1 is 1.03 bits per heavy atom. The van der Waals surface area contributed by atoms with E-state index in [0.29, 0.717) is 18.0 Å². The van der Waals surface area contributed by atoms with Crippen LogP contribution in [0.1, 0.15) is 30.1 Å². The third kappa shape index (κ3) is 4.86. The van der Waals surface area contributed by atoms with Crippen LogP contribution < -0.4 is 20.3 Å². The third-order valence-corrected chi connectivity index (χ3v) is 4.95. The zero-order valence-electron chi connectivity index (χ0n) is 17.0. The van der Waals surface area contributed by atoms with Crippen LogP contribution in [0.25, 0.3) is 0 Å². The number of benzene rings is 2. The number of rotatable bonds is 7. The van der Waals surface area contributed by atoms with Gasteiger partial charge < -0.3 is 20.3 Å². The lowest BCUT2D eigenvalue weighted by Gasteiger charge is -2.17. The van der Waals surface area contributed by atoms with Crippen molar-refractivity contribution in [3.05, 3.63) is 66.4 Å². The Hall–Kier alpha value is -3.61. The van der Waals surface area contributed by atoms with E-state index < -0.39 is 0 Å². The van der Waals surface area contributed by atoms with Crippen molar-refractivity contribution in [1.82, 2.24) is 10.2 Å². The molecule has 2 N–H and O–H groups in total. The molecule has 1 saturated heterocycles. The fourth-order valence-corrected chi connectivity index (χ4v) is 3.42. The lowest BCUT2D eigenvalue weighted by Crippen LogP contribution is -2.18. The number of carbonyl (C=O) groups excluding carboxylic acids is 1. The summed E-state index contributed by atoms with van der Waals surface area (Å²) in [5.41, 5.74) is 3.26. The summed E-state index contributed by atoms with van der Waals surface area (Å²) in [6.07, 6.45) is 4.24. The number of anilines is 4. The molecule has 0 bridgehead atoms. The molecule has 1 aliphatic heterocycles. The lowest BCUT2D eigenvalue weighted by molar-refractivity contribution is 0.102. The monoisotopic (exact) mass is 403 g/mol. The van der Waals surface area contributed by atoms with E-state index in [0.717, 1.165) is 35.9 Å². The molecule has 1 aromatic heterocycles. The van der Waals surface area contributed by atoms with Gasteiger partial charge in [0.15, 0.2) is 5.82 Å². The summed E-state index contributed by atoms with van der Waals surface area (Å²) in [6.45, 7) is 4.65. The minimum Gasteiger partial charge on any atom is -0.494 e. The maximum Gasteiger partial charge on any atom is 0.255 e. The van der Waals surface area contributed by atoms with E-state index in [-0.39, 0.29) is 5.91 Å². The zero-order chi connectivity index (χ0) is 20.8. The first-order valence-corrected chi connectivity index (χ1v) is 10.2. The molecular formula is C23H25N5O2. The highest BCUT2D eigenvalue weighted by atomic mass is 16.5. The minimum absolute atomic E-state index is 0.164. The highest BCUT2D eigenvalue weighted by Gasteiger charge is 2.13. The van der Waals surface area contributed by atoms with Crippen molar-refractivity contribution in [2.24, 2.45) is 0 Å². The standard InChI is InChI=1S/C23H25N5O2/c1-2-30-21-11-5-17(6-12-21)23(29)26-19-9-7-18(8-10-19)25-22-15-20(16-24-27-22)28-13-3-4-14-28/h5-12,15-16H,2-4,13-14H2,1H3,(H,25,27)(H,26,29). The van der Waals surface area contributed by atoms with Gasteiger partial charge in [-0.15, -0.1) is 5.10 Å². The van der Waals surface area contributed by atoms with Crippen molar-refractivity contribution in [3.63, 3.8) is 0 Å². The fourth-order valence-electron chi connectivity index (χ4n) is 3.42.